The number of aryl methyl sites for hydroxylation is 2. The first kappa shape index (κ1) is 26.1. The van der Waals surface area contributed by atoms with E-state index in [9.17, 15) is 14.7 Å². The van der Waals surface area contributed by atoms with E-state index in [4.69, 9.17) is 0 Å². The summed E-state index contributed by atoms with van der Waals surface area (Å²) in [6.45, 7) is 3.62. The molecule has 1 aromatic heterocycles. The monoisotopic (exact) mass is 523 g/mol. The number of piperidine rings is 1. The van der Waals surface area contributed by atoms with Gasteiger partial charge in [0.05, 0.1) is 6.10 Å². The number of aliphatic hydroxyl groups excluding tert-OH is 1. The lowest BCUT2D eigenvalue weighted by Gasteiger charge is -2.31. The first-order valence-electron chi connectivity index (χ1n) is 13.1. The third-order valence-electron chi connectivity index (χ3n) is 7.04. The Kier molecular flexibility index (Phi) is 7.65. The number of nitrogens with one attached hydrogen (secondary N) is 3. The van der Waals surface area contributed by atoms with Crippen LogP contribution in [0.5, 0.6) is 0 Å². The van der Waals surface area contributed by atoms with Crippen LogP contribution in [-0.2, 0) is 7.05 Å². The summed E-state index contributed by atoms with van der Waals surface area (Å²) in [5.74, 6) is -0.320. The fraction of sp³-hybridized carbons (Fsp3) is 0.226. The Hall–Kier alpha value is -4.56. The van der Waals surface area contributed by atoms with Gasteiger partial charge in [0.25, 0.3) is 11.8 Å². The van der Waals surface area contributed by atoms with E-state index in [1.54, 1.807) is 10.6 Å². The number of rotatable bonds is 7. The summed E-state index contributed by atoms with van der Waals surface area (Å²) in [4.78, 5) is 27.5. The highest BCUT2D eigenvalue weighted by molar-refractivity contribution is 6.05. The minimum atomic E-state index is -0.212. The van der Waals surface area contributed by atoms with Gasteiger partial charge in [-0.1, -0.05) is 0 Å². The number of benzene rings is 3. The van der Waals surface area contributed by atoms with Crippen molar-refractivity contribution in [1.82, 2.24) is 4.57 Å². The number of hydrogen-bond donors (Lipinski definition) is 4. The zero-order valence-electron chi connectivity index (χ0n) is 22.1. The molecule has 0 atom stereocenters. The molecular weight excluding hydrogens is 490 g/mol. The largest absolute Gasteiger partial charge is 0.393 e. The van der Waals surface area contributed by atoms with Gasteiger partial charge in [-0.15, -0.1) is 0 Å². The zero-order chi connectivity index (χ0) is 27.4. The van der Waals surface area contributed by atoms with E-state index in [2.05, 4.69) is 20.9 Å². The summed E-state index contributed by atoms with van der Waals surface area (Å²) in [5, 5.41) is 19.0. The summed E-state index contributed by atoms with van der Waals surface area (Å²) in [6, 6.07) is 24.5. The van der Waals surface area contributed by atoms with Gasteiger partial charge in [-0.05, 0) is 104 Å². The molecule has 1 saturated heterocycles. The third-order valence-corrected chi connectivity index (χ3v) is 7.04. The Balaban J connectivity index is 1.17. The molecule has 1 aliphatic rings. The van der Waals surface area contributed by atoms with E-state index >= 15 is 0 Å². The molecular formula is C31H33N5O3. The van der Waals surface area contributed by atoms with E-state index in [-0.39, 0.29) is 17.9 Å². The predicted molar refractivity (Wildman–Crippen MR) is 156 cm³/mol. The molecule has 3 aromatic carbocycles. The van der Waals surface area contributed by atoms with Gasteiger partial charge in [-0.25, -0.2) is 0 Å². The number of carbonyl (C=O) groups is 2. The minimum Gasteiger partial charge on any atom is -0.393 e. The highest BCUT2D eigenvalue weighted by atomic mass is 16.3. The van der Waals surface area contributed by atoms with Crippen molar-refractivity contribution in [2.24, 2.45) is 7.05 Å². The molecule has 4 aromatic rings. The smallest absolute Gasteiger partial charge is 0.272 e. The topological polar surface area (TPSA) is 98.6 Å². The minimum absolute atomic E-state index is 0.157. The van der Waals surface area contributed by atoms with Crippen molar-refractivity contribution in [3.05, 3.63) is 102 Å². The van der Waals surface area contributed by atoms with Crippen molar-refractivity contribution >= 4 is 40.3 Å². The fourth-order valence-corrected chi connectivity index (χ4v) is 4.72. The van der Waals surface area contributed by atoms with Crippen molar-refractivity contribution in [2.75, 3.05) is 33.9 Å². The second kappa shape index (κ2) is 11.4. The van der Waals surface area contributed by atoms with Crippen LogP contribution in [0.15, 0.2) is 85.1 Å². The number of amides is 2. The summed E-state index contributed by atoms with van der Waals surface area (Å²) in [7, 11) is 1.84. The Morgan fingerprint density at radius 3 is 2.10 bits per heavy atom. The van der Waals surface area contributed by atoms with Crippen molar-refractivity contribution in [3.63, 3.8) is 0 Å². The Morgan fingerprint density at radius 2 is 1.46 bits per heavy atom. The van der Waals surface area contributed by atoms with E-state index in [0.717, 1.165) is 54.2 Å². The summed E-state index contributed by atoms with van der Waals surface area (Å²) in [5.41, 5.74) is 6.47. The average molecular weight is 524 g/mol. The Bertz CT molecular complexity index is 1450. The fourth-order valence-electron chi connectivity index (χ4n) is 4.72. The molecule has 200 valence electrons. The lowest BCUT2D eigenvalue weighted by Crippen LogP contribution is -2.35. The van der Waals surface area contributed by atoms with Gasteiger partial charge in [0.15, 0.2) is 0 Å². The average Bonchev–Trinajstić information content (AvgIpc) is 3.38. The number of nitrogens with zero attached hydrogens (tertiary/aromatic N) is 2. The summed E-state index contributed by atoms with van der Waals surface area (Å²) >= 11 is 0. The van der Waals surface area contributed by atoms with Gasteiger partial charge < -0.3 is 30.5 Å². The SMILES string of the molecule is Cc1cc(NC(=O)c2ccc(N3CCC(O)CC3)cc2)ccc1Nc1ccc(NC(=O)c2cccn2C)cc1. The van der Waals surface area contributed by atoms with Crippen LogP contribution in [0.3, 0.4) is 0 Å². The second-order valence-corrected chi connectivity index (χ2v) is 9.91. The molecule has 39 heavy (non-hydrogen) atoms. The quantitative estimate of drug-likeness (QED) is 0.255. The van der Waals surface area contributed by atoms with Crippen LogP contribution in [0.1, 0.15) is 39.3 Å². The highest BCUT2D eigenvalue weighted by Gasteiger charge is 2.17. The lowest BCUT2D eigenvalue weighted by atomic mass is 10.1. The number of aromatic nitrogens is 1. The van der Waals surface area contributed by atoms with E-state index in [0.29, 0.717) is 16.9 Å². The van der Waals surface area contributed by atoms with Crippen molar-refractivity contribution in [2.45, 2.75) is 25.9 Å². The zero-order valence-corrected chi connectivity index (χ0v) is 22.1. The van der Waals surface area contributed by atoms with Crippen molar-refractivity contribution in [3.8, 4) is 0 Å². The molecule has 5 rings (SSSR count). The molecule has 0 saturated carbocycles. The predicted octanol–water partition coefficient (Wildman–Crippen LogP) is 5.54. The van der Waals surface area contributed by atoms with Gasteiger partial charge in [-0.2, -0.15) is 0 Å². The second-order valence-electron chi connectivity index (χ2n) is 9.91. The van der Waals surface area contributed by atoms with Crippen LogP contribution in [0, 0.1) is 6.92 Å². The maximum atomic E-state index is 12.8. The Labute approximate surface area is 228 Å². The van der Waals surface area contributed by atoms with Crippen LogP contribution in [0.25, 0.3) is 0 Å². The lowest BCUT2D eigenvalue weighted by molar-refractivity contribution is 0.101. The van der Waals surface area contributed by atoms with Gasteiger partial charge in [-0.3, -0.25) is 9.59 Å². The molecule has 1 aliphatic heterocycles. The molecule has 8 nitrogen and oxygen atoms in total. The van der Waals surface area contributed by atoms with Gasteiger partial charge in [0.2, 0.25) is 0 Å². The Morgan fingerprint density at radius 1 is 0.821 bits per heavy atom. The molecule has 8 heteroatoms. The van der Waals surface area contributed by atoms with Gasteiger partial charge in [0.1, 0.15) is 5.69 Å². The van der Waals surface area contributed by atoms with Crippen molar-refractivity contribution in [1.29, 1.82) is 0 Å². The highest BCUT2D eigenvalue weighted by Crippen LogP contribution is 2.26. The maximum absolute atomic E-state index is 12.8. The molecule has 4 N–H and O–H groups in total. The first-order valence-corrected chi connectivity index (χ1v) is 13.1. The molecule has 2 amide bonds. The van der Waals surface area contributed by atoms with E-state index < -0.39 is 0 Å². The van der Waals surface area contributed by atoms with E-state index in [1.165, 1.54) is 0 Å². The molecule has 0 spiro atoms. The molecule has 2 heterocycles. The van der Waals surface area contributed by atoms with Gasteiger partial charge >= 0.3 is 0 Å². The van der Waals surface area contributed by atoms with Crippen LogP contribution in [-0.4, -0.2) is 40.7 Å². The number of carbonyl (C=O) groups excluding carboxylic acids is 2. The normalized spacial score (nSPS) is 13.7. The van der Waals surface area contributed by atoms with Crippen LogP contribution >= 0.6 is 0 Å². The van der Waals surface area contributed by atoms with E-state index in [1.807, 2.05) is 93.0 Å². The molecule has 1 fully saturated rings. The summed E-state index contributed by atoms with van der Waals surface area (Å²) in [6.07, 6.45) is 3.16. The molecule has 0 radical (unpaired) electrons. The van der Waals surface area contributed by atoms with Gasteiger partial charge in [0, 0.05) is 60.3 Å². The first-order chi connectivity index (χ1) is 18.9. The number of aliphatic hydroxyl groups is 1. The van der Waals surface area contributed by atoms with Crippen molar-refractivity contribution < 1.29 is 14.7 Å². The summed E-state index contributed by atoms with van der Waals surface area (Å²) < 4.78 is 1.78. The van der Waals surface area contributed by atoms with Crippen LogP contribution in [0.4, 0.5) is 28.4 Å². The molecule has 0 unspecified atom stereocenters. The molecule has 0 aliphatic carbocycles. The van der Waals surface area contributed by atoms with Crippen LogP contribution in [0.2, 0.25) is 0 Å². The number of hydrogen-bond acceptors (Lipinski definition) is 5. The molecule has 0 bridgehead atoms. The number of anilines is 5. The van der Waals surface area contributed by atoms with Crippen LogP contribution < -0.4 is 20.9 Å². The third kappa shape index (κ3) is 6.30. The maximum Gasteiger partial charge on any atom is 0.272 e. The standard InChI is InChI=1S/C31H33N5O3/c1-21-20-25(34-30(38)22-5-12-26(13-6-22)36-18-15-27(37)16-19-36)11-14-28(21)32-23-7-9-24(10-8-23)33-31(39)29-4-3-17-35(29)2/h3-14,17,20,27,32,37H,15-16,18-19H2,1-2H3,(H,33,39)(H,34,38).